The van der Waals surface area contributed by atoms with Crippen LogP contribution in [0.5, 0.6) is 0 Å². The van der Waals surface area contributed by atoms with Gasteiger partial charge in [0.15, 0.2) is 29.0 Å². The smallest absolute Gasteiger partial charge is 0.353 e. The van der Waals surface area contributed by atoms with Crippen LogP contribution >= 0.6 is 7.60 Å². The molecule has 0 spiro atoms. The number of amides is 2. The first kappa shape index (κ1) is 30.6. The number of para-hydroxylation sites is 1. The van der Waals surface area contributed by atoms with E-state index in [9.17, 15) is 24.5 Å². The molecule has 2 aromatic heterocycles. The van der Waals surface area contributed by atoms with E-state index in [1.165, 1.54) is 17.2 Å². The molecule has 4 aromatic rings. The van der Waals surface area contributed by atoms with Crippen LogP contribution in [0.1, 0.15) is 25.1 Å². The van der Waals surface area contributed by atoms with Crippen molar-refractivity contribution in [2.24, 2.45) is 0 Å². The largest absolute Gasteiger partial charge is 0.509 e. The van der Waals surface area contributed by atoms with Crippen molar-refractivity contribution < 1.29 is 38.5 Å². The van der Waals surface area contributed by atoms with Gasteiger partial charge in [0.1, 0.15) is 18.4 Å². The topological polar surface area (TPSA) is 190 Å². The minimum absolute atomic E-state index is 0.0582. The lowest BCUT2D eigenvalue weighted by Gasteiger charge is -2.19. The normalized spacial score (nSPS) is 14.1. The highest BCUT2D eigenvalue weighted by atomic mass is 31.2. The van der Waals surface area contributed by atoms with Gasteiger partial charge in [-0.3, -0.25) is 14.4 Å². The van der Waals surface area contributed by atoms with E-state index in [2.05, 4.69) is 25.6 Å². The summed E-state index contributed by atoms with van der Waals surface area (Å²) in [6.45, 7) is 1.60. The van der Waals surface area contributed by atoms with Gasteiger partial charge in [-0.05, 0) is 24.6 Å². The van der Waals surface area contributed by atoms with Gasteiger partial charge in [-0.25, -0.2) is 19.7 Å². The van der Waals surface area contributed by atoms with Crippen molar-refractivity contribution in [2.75, 3.05) is 30.2 Å². The Morgan fingerprint density at radius 3 is 2.45 bits per heavy atom. The fourth-order valence-electron chi connectivity index (χ4n) is 3.76. The molecular weight excluding hydrogens is 567 g/mol. The average molecular weight is 599 g/mol. The molecule has 222 valence electrons. The highest BCUT2D eigenvalue weighted by Crippen LogP contribution is 2.42. The highest BCUT2D eigenvalue weighted by Gasteiger charge is 2.25. The summed E-state index contributed by atoms with van der Waals surface area (Å²) >= 11 is 0. The Hall–Kier alpha value is -4.33. The quantitative estimate of drug-likeness (QED) is 0.0737. The molecule has 0 fully saturated rings. The minimum Gasteiger partial charge on any atom is -0.509 e. The van der Waals surface area contributed by atoms with Crippen LogP contribution in [0.4, 0.5) is 16.3 Å². The zero-order valence-corrected chi connectivity index (χ0v) is 23.6. The van der Waals surface area contributed by atoms with Gasteiger partial charge < -0.3 is 34.4 Å². The van der Waals surface area contributed by atoms with Crippen molar-refractivity contribution in [1.29, 1.82) is 0 Å². The van der Waals surface area contributed by atoms with Crippen LogP contribution in [-0.2, 0) is 25.2 Å². The third kappa shape index (κ3) is 8.35. The van der Waals surface area contributed by atoms with Crippen LogP contribution in [0.25, 0.3) is 11.2 Å². The molecule has 14 nitrogen and oxygen atoms in total. The second-order valence-corrected chi connectivity index (χ2v) is 10.6. The Morgan fingerprint density at radius 2 is 1.74 bits per heavy atom. The second-order valence-electron chi connectivity index (χ2n) is 8.81. The third-order valence-corrected chi connectivity index (χ3v) is 6.78. The first-order valence-corrected chi connectivity index (χ1v) is 14.6. The molecule has 0 saturated carbocycles. The maximum Gasteiger partial charge on any atom is 0.353 e. The molecule has 15 heteroatoms. The number of nitrogens with zero attached hydrogens (tertiary/aromatic N) is 4. The fourth-order valence-corrected chi connectivity index (χ4v) is 4.55. The molecule has 2 aromatic carbocycles. The zero-order valence-electron chi connectivity index (χ0n) is 22.7. The number of imidazole rings is 1. The lowest BCUT2D eigenvalue weighted by atomic mass is 10.2. The highest BCUT2D eigenvalue weighted by molar-refractivity contribution is 7.52. The summed E-state index contributed by atoms with van der Waals surface area (Å²) < 4.78 is 29.6. The first-order chi connectivity index (χ1) is 20.3. The van der Waals surface area contributed by atoms with Crippen molar-refractivity contribution in [3.8, 4) is 0 Å². The molecule has 4 rings (SSSR count). The summed E-state index contributed by atoms with van der Waals surface area (Å²) in [6, 6.07) is 17.2. The van der Waals surface area contributed by atoms with E-state index in [1.54, 1.807) is 55.5 Å². The number of urea groups is 1. The maximum absolute atomic E-state index is 12.5. The summed E-state index contributed by atoms with van der Waals surface area (Å²) in [4.78, 5) is 35.0. The number of aliphatic hydroxyl groups is 2. The van der Waals surface area contributed by atoms with Gasteiger partial charge in [0.25, 0.3) is 0 Å². The standard InChI is InChI=1S/C27H31N6O8P/c1-2-40-26(23(35)21(34)13-14-39-18-42(37,38)41-15-19-9-5-3-6-10-19)33-17-30-22-24(28-16-29-25(22)33)32-27(36)31-20-11-7-4-8-12-20/h3-12,16-17,26,34-35H,2,13-15,18H2,1H3,(H,37,38)(H2,28,29,31,32,36)/b23-21-. The molecule has 42 heavy (non-hydrogen) atoms. The van der Waals surface area contributed by atoms with E-state index < -0.39 is 37.7 Å². The van der Waals surface area contributed by atoms with Gasteiger partial charge in [0, 0.05) is 18.7 Å². The average Bonchev–Trinajstić information content (AvgIpc) is 3.42. The summed E-state index contributed by atoms with van der Waals surface area (Å²) in [7, 11) is -4.04. The van der Waals surface area contributed by atoms with E-state index in [-0.39, 0.29) is 43.2 Å². The Labute approximate surface area is 241 Å². The van der Waals surface area contributed by atoms with Crippen LogP contribution in [0, 0.1) is 0 Å². The lowest BCUT2D eigenvalue weighted by molar-refractivity contribution is 0.00453. The maximum atomic E-state index is 12.5. The predicted octanol–water partition coefficient (Wildman–Crippen LogP) is 5.10. The molecule has 0 aliphatic rings. The number of fused-ring (bicyclic) bond motifs is 1. The Kier molecular flexibility index (Phi) is 10.6. The third-order valence-electron chi connectivity index (χ3n) is 5.74. The number of aromatic nitrogens is 4. The molecule has 0 radical (unpaired) electrons. The molecule has 2 amide bonds. The summed E-state index contributed by atoms with van der Waals surface area (Å²) in [5.74, 6) is -0.892. The van der Waals surface area contributed by atoms with Crippen molar-refractivity contribution in [2.45, 2.75) is 26.2 Å². The van der Waals surface area contributed by atoms with Crippen LogP contribution in [-0.4, -0.2) is 60.2 Å². The summed E-state index contributed by atoms with van der Waals surface area (Å²) in [6.07, 6.45) is 0.524. The fraction of sp³-hybridized carbons (Fsp3) is 0.259. The van der Waals surface area contributed by atoms with Crippen molar-refractivity contribution in [3.63, 3.8) is 0 Å². The number of hydrogen-bond acceptors (Lipinski definition) is 10. The number of nitrogens with one attached hydrogen (secondary N) is 2. The molecule has 5 N–H and O–H groups in total. The van der Waals surface area contributed by atoms with Gasteiger partial charge >= 0.3 is 13.6 Å². The summed E-state index contributed by atoms with van der Waals surface area (Å²) in [5, 5.41) is 26.7. The number of ether oxygens (including phenoxy) is 2. The van der Waals surface area contributed by atoms with E-state index in [4.69, 9.17) is 14.0 Å². The SMILES string of the molecule is CCOC(/C(O)=C(/O)CCOCP(=O)(O)OCc1ccccc1)n1cnc2c(NC(=O)Nc3ccccc3)ncnc21. The van der Waals surface area contributed by atoms with Crippen molar-refractivity contribution >= 4 is 36.3 Å². The molecule has 0 saturated heterocycles. The van der Waals surface area contributed by atoms with Gasteiger partial charge in [-0.15, -0.1) is 0 Å². The lowest BCUT2D eigenvalue weighted by Crippen LogP contribution is -2.20. The van der Waals surface area contributed by atoms with Gasteiger partial charge in [-0.1, -0.05) is 48.5 Å². The molecule has 2 atom stereocenters. The predicted molar refractivity (Wildman–Crippen MR) is 154 cm³/mol. The Morgan fingerprint density at radius 1 is 1.02 bits per heavy atom. The van der Waals surface area contributed by atoms with E-state index in [0.29, 0.717) is 5.69 Å². The van der Waals surface area contributed by atoms with Crippen molar-refractivity contribution in [3.05, 3.63) is 90.4 Å². The minimum atomic E-state index is -4.04. The second kappa shape index (κ2) is 14.5. The number of aliphatic hydroxyl groups excluding tert-OH is 2. The molecular formula is C27H31N6O8P. The number of carbonyl (C=O) groups excluding carboxylic acids is 1. The monoisotopic (exact) mass is 598 g/mol. The summed E-state index contributed by atoms with van der Waals surface area (Å²) in [5.41, 5.74) is 1.74. The number of anilines is 2. The van der Waals surface area contributed by atoms with Crippen LogP contribution in [0.15, 0.2) is 84.8 Å². The molecule has 0 bridgehead atoms. The zero-order chi connectivity index (χ0) is 30.0. The van der Waals surface area contributed by atoms with E-state index in [1.807, 2.05) is 12.1 Å². The number of carbonyl (C=O) groups is 1. The number of hydrogen-bond donors (Lipinski definition) is 5. The van der Waals surface area contributed by atoms with Crippen LogP contribution < -0.4 is 10.6 Å². The van der Waals surface area contributed by atoms with Gasteiger partial charge in [0.2, 0.25) is 0 Å². The van der Waals surface area contributed by atoms with Crippen LogP contribution in [0.2, 0.25) is 0 Å². The van der Waals surface area contributed by atoms with E-state index in [0.717, 1.165) is 5.56 Å². The molecule has 0 aliphatic carbocycles. The Bertz CT molecular complexity index is 1550. The van der Waals surface area contributed by atoms with Crippen LogP contribution in [0.3, 0.4) is 0 Å². The molecule has 2 heterocycles. The Balaban J connectivity index is 1.39. The van der Waals surface area contributed by atoms with E-state index >= 15 is 0 Å². The van der Waals surface area contributed by atoms with Gasteiger partial charge in [-0.2, -0.15) is 0 Å². The molecule has 2 unspecified atom stereocenters. The number of benzene rings is 2. The molecule has 0 aliphatic heterocycles. The number of rotatable bonds is 14. The van der Waals surface area contributed by atoms with Gasteiger partial charge in [0.05, 0.1) is 19.5 Å². The first-order valence-electron chi connectivity index (χ1n) is 12.9. The van der Waals surface area contributed by atoms with Crippen molar-refractivity contribution in [1.82, 2.24) is 19.5 Å².